The molecular formula is C18H27FN2. The van der Waals surface area contributed by atoms with Crippen molar-refractivity contribution in [3.05, 3.63) is 29.6 Å². The van der Waals surface area contributed by atoms with Gasteiger partial charge in [0.2, 0.25) is 0 Å². The van der Waals surface area contributed by atoms with Gasteiger partial charge in [-0.1, -0.05) is 18.9 Å². The molecule has 2 fully saturated rings. The van der Waals surface area contributed by atoms with Crippen LogP contribution < -0.4 is 10.2 Å². The summed E-state index contributed by atoms with van der Waals surface area (Å²) >= 11 is 0. The molecule has 1 aromatic rings. The van der Waals surface area contributed by atoms with Crippen molar-refractivity contribution in [3.8, 4) is 0 Å². The van der Waals surface area contributed by atoms with E-state index in [1.54, 1.807) is 6.07 Å². The Morgan fingerprint density at radius 2 is 1.81 bits per heavy atom. The Bertz CT molecular complexity index is 484. The Balaban J connectivity index is 1.70. The topological polar surface area (TPSA) is 15.3 Å². The molecule has 1 aliphatic carbocycles. The largest absolute Gasteiger partial charge is 0.369 e. The zero-order valence-corrected chi connectivity index (χ0v) is 13.3. The predicted octanol–water partition coefficient (Wildman–Crippen LogP) is 4.27. The summed E-state index contributed by atoms with van der Waals surface area (Å²) in [5, 5.41) is 3.16. The van der Waals surface area contributed by atoms with Crippen LogP contribution >= 0.6 is 0 Å². The van der Waals surface area contributed by atoms with Crippen molar-refractivity contribution >= 4 is 5.69 Å². The smallest absolute Gasteiger partial charge is 0.146 e. The zero-order valence-electron chi connectivity index (χ0n) is 13.3. The van der Waals surface area contributed by atoms with E-state index >= 15 is 0 Å². The number of nitrogens with one attached hydrogen (secondary N) is 1. The summed E-state index contributed by atoms with van der Waals surface area (Å²) in [6, 6.07) is 5.90. The average molecular weight is 290 g/mol. The lowest BCUT2D eigenvalue weighted by atomic mass is 9.77. The molecule has 1 aromatic carbocycles. The third-order valence-corrected chi connectivity index (χ3v) is 5.73. The number of benzene rings is 1. The Kier molecular flexibility index (Phi) is 4.21. The van der Waals surface area contributed by atoms with Crippen LogP contribution in [0.5, 0.6) is 0 Å². The van der Waals surface area contributed by atoms with Gasteiger partial charge in [-0.2, -0.15) is 0 Å². The van der Waals surface area contributed by atoms with Gasteiger partial charge in [-0.15, -0.1) is 0 Å². The lowest BCUT2D eigenvalue weighted by Crippen LogP contribution is -2.39. The number of hydrogen-bond acceptors (Lipinski definition) is 2. The summed E-state index contributed by atoms with van der Waals surface area (Å²) in [4.78, 5) is 2.24. The van der Waals surface area contributed by atoms with Crippen molar-refractivity contribution in [1.82, 2.24) is 5.32 Å². The molecule has 1 spiro atoms. The molecular weight excluding hydrogens is 263 g/mol. The van der Waals surface area contributed by atoms with E-state index in [2.05, 4.69) is 23.2 Å². The molecule has 1 heterocycles. The molecule has 3 rings (SSSR count). The highest BCUT2D eigenvalue weighted by atomic mass is 19.1. The quantitative estimate of drug-likeness (QED) is 0.894. The molecule has 3 heteroatoms. The Morgan fingerprint density at radius 1 is 1.14 bits per heavy atom. The van der Waals surface area contributed by atoms with Gasteiger partial charge in [0, 0.05) is 19.1 Å². The van der Waals surface area contributed by atoms with Crippen LogP contribution in [0.2, 0.25) is 0 Å². The lowest BCUT2D eigenvalue weighted by molar-refractivity contribution is 0.226. The van der Waals surface area contributed by atoms with Gasteiger partial charge in [-0.25, -0.2) is 4.39 Å². The molecule has 2 nitrogen and oxygen atoms in total. The minimum atomic E-state index is -0.0722. The van der Waals surface area contributed by atoms with Crippen molar-refractivity contribution in [2.24, 2.45) is 5.41 Å². The maximum absolute atomic E-state index is 14.4. The van der Waals surface area contributed by atoms with E-state index in [-0.39, 0.29) is 11.9 Å². The highest BCUT2D eigenvalue weighted by Gasteiger charge is 2.37. The molecule has 1 unspecified atom stereocenters. The fourth-order valence-corrected chi connectivity index (χ4v) is 4.06. The van der Waals surface area contributed by atoms with Gasteiger partial charge >= 0.3 is 0 Å². The SMILES string of the molecule is CNC(C)c1ccc(N2CCC3(CCCC3)CC2)c(F)c1. The van der Waals surface area contributed by atoms with Crippen LogP contribution in [0.4, 0.5) is 10.1 Å². The van der Waals surface area contributed by atoms with Crippen LogP contribution in [0.15, 0.2) is 18.2 Å². The van der Waals surface area contributed by atoms with E-state index in [0.717, 1.165) is 24.3 Å². The first-order valence-corrected chi connectivity index (χ1v) is 8.35. The maximum Gasteiger partial charge on any atom is 0.146 e. The van der Waals surface area contributed by atoms with E-state index in [0.29, 0.717) is 5.41 Å². The van der Waals surface area contributed by atoms with E-state index in [9.17, 15) is 4.39 Å². The molecule has 1 saturated heterocycles. The number of nitrogens with zero attached hydrogens (tertiary/aromatic N) is 1. The molecule has 0 aromatic heterocycles. The van der Waals surface area contributed by atoms with Crippen molar-refractivity contribution < 1.29 is 4.39 Å². The van der Waals surface area contributed by atoms with E-state index < -0.39 is 0 Å². The third kappa shape index (κ3) is 2.94. The Hall–Kier alpha value is -1.09. The highest BCUT2D eigenvalue weighted by molar-refractivity contribution is 5.50. The van der Waals surface area contributed by atoms with Crippen molar-refractivity contribution in [1.29, 1.82) is 0 Å². The lowest BCUT2D eigenvalue weighted by Gasteiger charge is -2.40. The first-order chi connectivity index (χ1) is 10.1. The third-order valence-electron chi connectivity index (χ3n) is 5.73. The van der Waals surface area contributed by atoms with Crippen LogP contribution in [0.25, 0.3) is 0 Å². The number of hydrogen-bond donors (Lipinski definition) is 1. The second-order valence-electron chi connectivity index (χ2n) is 6.92. The molecule has 1 atom stereocenters. The van der Waals surface area contributed by atoms with Gasteiger partial charge in [0.15, 0.2) is 0 Å². The van der Waals surface area contributed by atoms with Crippen LogP contribution in [0.3, 0.4) is 0 Å². The molecule has 0 amide bonds. The average Bonchev–Trinajstić information content (AvgIpc) is 2.96. The summed E-state index contributed by atoms with van der Waals surface area (Å²) in [5.41, 5.74) is 2.39. The molecule has 0 radical (unpaired) electrons. The molecule has 1 N–H and O–H groups in total. The summed E-state index contributed by atoms with van der Waals surface area (Å²) < 4.78 is 14.4. The fourth-order valence-electron chi connectivity index (χ4n) is 4.06. The second kappa shape index (κ2) is 5.96. The summed E-state index contributed by atoms with van der Waals surface area (Å²) in [7, 11) is 1.90. The molecule has 21 heavy (non-hydrogen) atoms. The van der Waals surface area contributed by atoms with E-state index in [1.165, 1.54) is 38.5 Å². The highest BCUT2D eigenvalue weighted by Crippen LogP contribution is 2.46. The summed E-state index contributed by atoms with van der Waals surface area (Å²) in [6.07, 6.45) is 8.04. The Labute approximate surface area is 127 Å². The van der Waals surface area contributed by atoms with Crippen LogP contribution in [0, 0.1) is 11.2 Å². The normalized spacial score (nSPS) is 22.7. The number of halogens is 1. The first-order valence-electron chi connectivity index (χ1n) is 8.35. The minimum absolute atomic E-state index is 0.0722. The number of rotatable bonds is 3. The number of piperidine rings is 1. The van der Waals surface area contributed by atoms with Gasteiger partial charge in [-0.05, 0) is 62.8 Å². The van der Waals surface area contributed by atoms with Gasteiger partial charge in [0.1, 0.15) is 5.82 Å². The van der Waals surface area contributed by atoms with E-state index in [4.69, 9.17) is 0 Å². The van der Waals surface area contributed by atoms with Crippen molar-refractivity contribution in [3.63, 3.8) is 0 Å². The van der Waals surface area contributed by atoms with Crippen LogP contribution in [-0.4, -0.2) is 20.1 Å². The second-order valence-corrected chi connectivity index (χ2v) is 6.92. The van der Waals surface area contributed by atoms with Gasteiger partial charge in [0.25, 0.3) is 0 Å². The van der Waals surface area contributed by atoms with Crippen molar-refractivity contribution in [2.75, 3.05) is 25.0 Å². The molecule has 1 saturated carbocycles. The minimum Gasteiger partial charge on any atom is -0.369 e. The molecule has 2 aliphatic rings. The molecule has 0 bridgehead atoms. The van der Waals surface area contributed by atoms with Gasteiger partial charge in [0.05, 0.1) is 5.69 Å². The summed E-state index contributed by atoms with van der Waals surface area (Å²) in [6.45, 7) is 4.08. The fraction of sp³-hybridized carbons (Fsp3) is 0.667. The predicted molar refractivity (Wildman–Crippen MR) is 86.2 cm³/mol. The Morgan fingerprint density at radius 3 is 2.38 bits per heavy atom. The van der Waals surface area contributed by atoms with Crippen molar-refractivity contribution in [2.45, 2.75) is 51.5 Å². The maximum atomic E-state index is 14.4. The number of anilines is 1. The zero-order chi connectivity index (χ0) is 14.9. The first kappa shape index (κ1) is 14.8. The molecule has 116 valence electrons. The molecule has 1 aliphatic heterocycles. The van der Waals surface area contributed by atoms with Crippen LogP contribution in [-0.2, 0) is 0 Å². The van der Waals surface area contributed by atoms with Gasteiger partial charge in [-0.3, -0.25) is 0 Å². The van der Waals surface area contributed by atoms with Gasteiger partial charge < -0.3 is 10.2 Å². The van der Waals surface area contributed by atoms with E-state index in [1.807, 2.05) is 13.1 Å². The monoisotopic (exact) mass is 290 g/mol. The standard InChI is InChI=1S/C18H27FN2/c1-14(20-2)15-5-6-17(16(19)13-15)21-11-9-18(10-12-21)7-3-4-8-18/h5-6,13-14,20H,3-4,7-12H2,1-2H3. The van der Waals surface area contributed by atoms with Crippen LogP contribution in [0.1, 0.15) is 57.1 Å². The summed E-state index contributed by atoms with van der Waals surface area (Å²) in [5.74, 6) is -0.0722.